The molecular formula is C23H19ClN2O6. The van der Waals surface area contributed by atoms with Crippen molar-refractivity contribution in [2.75, 3.05) is 0 Å². The maximum Gasteiger partial charge on any atom is 0.409 e. The highest BCUT2D eigenvalue weighted by Gasteiger charge is 2.45. The summed E-state index contributed by atoms with van der Waals surface area (Å²) in [5.41, 5.74) is 1.16. The van der Waals surface area contributed by atoms with Crippen molar-refractivity contribution in [1.82, 2.24) is 9.55 Å². The molecule has 1 atom stereocenters. The van der Waals surface area contributed by atoms with Crippen LogP contribution in [0, 0.1) is 0 Å². The molecule has 0 amide bonds. The van der Waals surface area contributed by atoms with Gasteiger partial charge in [-0.2, -0.15) is 0 Å². The Morgan fingerprint density at radius 1 is 1.28 bits per heavy atom. The number of halogens is 1. The van der Waals surface area contributed by atoms with Crippen molar-refractivity contribution >= 4 is 33.9 Å². The summed E-state index contributed by atoms with van der Waals surface area (Å²) >= 11 is 5.35. The van der Waals surface area contributed by atoms with Gasteiger partial charge >= 0.3 is 11.4 Å². The standard InChI is InChI=1S/C23H19ClN2O6/c1-3-12-13-7-11(32-22(24)29)5-6-17(13)25-19-14(12)9-26-18(19)8-16-15(20(26)27)10-31-21(28)23(16,30)4-2/h5-8,30H,3-4,9-10H2,1-2H3/t23-/m0/s1. The summed E-state index contributed by atoms with van der Waals surface area (Å²) < 4.78 is 11.7. The minimum atomic E-state index is -1.87. The normalized spacial score (nSPS) is 18.7. The number of aromatic nitrogens is 2. The third kappa shape index (κ3) is 2.79. The molecule has 1 aromatic carbocycles. The minimum Gasteiger partial charge on any atom is -0.458 e. The van der Waals surface area contributed by atoms with E-state index in [0.717, 1.165) is 16.5 Å². The van der Waals surface area contributed by atoms with Crippen LogP contribution in [0.25, 0.3) is 22.3 Å². The number of rotatable bonds is 3. The number of carbonyl (C=O) groups is 2. The zero-order valence-electron chi connectivity index (χ0n) is 17.4. The van der Waals surface area contributed by atoms with Gasteiger partial charge in [-0.15, -0.1) is 0 Å². The number of fused-ring (bicyclic) bond motifs is 5. The maximum absolute atomic E-state index is 13.3. The summed E-state index contributed by atoms with van der Waals surface area (Å²) in [5, 5.41) is 11.8. The lowest BCUT2D eigenvalue weighted by Gasteiger charge is -2.31. The Labute approximate surface area is 187 Å². The predicted molar refractivity (Wildman–Crippen MR) is 116 cm³/mol. The molecule has 3 aromatic rings. The highest BCUT2D eigenvalue weighted by atomic mass is 35.5. The quantitative estimate of drug-likeness (QED) is 0.373. The third-order valence-electron chi connectivity index (χ3n) is 6.33. The second-order valence-electron chi connectivity index (χ2n) is 7.89. The van der Waals surface area contributed by atoms with Gasteiger partial charge in [0.2, 0.25) is 0 Å². The Bertz CT molecular complexity index is 1400. The fraction of sp³-hybridized carbons (Fsp3) is 0.304. The molecule has 0 unspecified atom stereocenters. The third-order valence-corrected chi connectivity index (χ3v) is 6.41. The van der Waals surface area contributed by atoms with Crippen LogP contribution >= 0.6 is 11.6 Å². The number of benzene rings is 1. The summed E-state index contributed by atoms with van der Waals surface area (Å²) in [5.74, 6) is -0.446. The van der Waals surface area contributed by atoms with Crippen LogP contribution in [0.5, 0.6) is 5.75 Å². The topological polar surface area (TPSA) is 108 Å². The summed E-state index contributed by atoms with van der Waals surface area (Å²) in [7, 11) is 0. The number of esters is 1. The van der Waals surface area contributed by atoms with Crippen LogP contribution < -0.4 is 10.3 Å². The number of carbonyl (C=O) groups excluding carboxylic acids is 2. The first-order valence-corrected chi connectivity index (χ1v) is 10.7. The molecule has 1 N–H and O–H groups in total. The number of hydrogen-bond donors (Lipinski definition) is 1. The van der Waals surface area contributed by atoms with Crippen molar-refractivity contribution in [3.63, 3.8) is 0 Å². The van der Waals surface area contributed by atoms with E-state index in [0.29, 0.717) is 35.6 Å². The highest BCUT2D eigenvalue weighted by molar-refractivity contribution is 6.61. The number of cyclic esters (lactones) is 1. The molecule has 8 nitrogen and oxygen atoms in total. The molecule has 0 saturated heterocycles. The van der Waals surface area contributed by atoms with E-state index in [9.17, 15) is 19.5 Å². The fourth-order valence-corrected chi connectivity index (χ4v) is 4.79. The second-order valence-corrected chi connectivity index (χ2v) is 8.20. The van der Waals surface area contributed by atoms with E-state index in [4.69, 9.17) is 26.1 Å². The Kier molecular flexibility index (Phi) is 4.61. The SMILES string of the molecule is CCc1c2c(nc3ccc(OC(=O)Cl)cc13)-c1cc3c(c(=O)n1C2)COC(=O)[C@]3(O)CC. The minimum absolute atomic E-state index is 0.0853. The largest absolute Gasteiger partial charge is 0.458 e. The van der Waals surface area contributed by atoms with E-state index in [1.165, 1.54) is 0 Å². The monoisotopic (exact) mass is 454 g/mol. The van der Waals surface area contributed by atoms with Gasteiger partial charge in [0.05, 0.1) is 29.0 Å². The molecule has 2 aliphatic rings. The van der Waals surface area contributed by atoms with Gasteiger partial charge < -0.3 is 19.1 Å². The van der Waals surface area contributed by atoms with E-state index in [-0.39, 0.29) is 29.7 Å². The number of pyridine rings is 2. The van der Waals surface area contributed by atoms with Crippen LogP contribution in [0.2, 0.25) is 0 Å². The molecule has 0 aliphatic carbocycles. The van der Waals surface area contributed by atoms with Gasteiger partial charge in [0.1, 0.15) is 12.4 Å². The molecule has 0 spiro atoms. The molecule has 4 heterocycles. The Balaban J connectivity index is 1.76. The lowest BCUT2D eigenvalue weighted by Crippen LogP contribution is -2.44. The smallest absolute Gasteiger partial charge is 0.409 e. The van der Waals surface area contributed by atoms with E-state index in [1.807, 2.05) is 6.92 Å². The first-order valence-electron chi connectivity index (χ1n) is 10.3. The van der Waals surface area contributed by atoms with Crippen molar-refractivity contribution in [1.29, 1.82) is 0 Å². The van der Waals surface area contributed by atoms with Gasteiger partial charge in [-0.05, 0) is 42.7 Å². The molecule has 0 radical (unpaired) electrons. The van der Waals surface area contributed by atoms with Crippen LogP contribution in [0.15, 0.2) is 29.1 Å². The lowest BCUT2D eigenvalue weighted by molar-refractivity contribution is -0.172. The van der Waals surface area contributed by atoms with Gasteiger partial charge in [-0.1, -0.05) is 13.8 Å². The zero-order valence-corrected chi connectivity index (χ0v) is 18.2. The molecular weight excluding hydrogens is 436 g/mol. The predicted octanol–water partition coefficient (Wildman–Crippen LogP) is 3.38. The van der Waals surface area contributed by atoms with Gasteiger partial charge in [0.25, 0.3) is 5.56 Å². The molecule has 5 rings (SSSR count). The van der Waals surface area contributed by atoms with Gasteiger partial charge in [-0.25, -0.2) is 14.6 Å². The number of aryl methyl sites for hydroxylation is 1. The van der Waals surface area contributed by atoms with Crippen molar-refractivity contribution in [2.45, 2.75) is 45.4 Å². The Hall–Kier alpha value is -3.23. The Morgan fingerprint density at radius 3 is 2.75 bits per heavy atom. The number of hydrogen-bond acceptors (Lipinski definition) is 7. The molecule has 0 saturated carbocycles. The van der Waals surface area contributed by atoms with E-state index in [1.54, 1.807) is 35.8 Å². The summed E-state index contributed by atoms with van der Waals surface area (Å²) in [6.45, 7) is 3.80. The first kappa shape index (κ1) is 20.7. The molecule has 9 heteroatoms. The van der Waals surface area contributed by atoms with E-state index >= 15 is 0 Å². The average Bonchev–Trinajstić information content (AvgIpc) is 3.13. The lowest BCUT2D eigenvalue weighted by atomic mass is 9.86. The second kappa shape index (κ2) is 7.15. The molecule has 164 valence electrons. The molecule has 0 fully saturated rings. The van der Waals surface area contributed by atoms with Crippen LogP contribution in [0.3, 0.4) is 0 Å². The number of aliphatic hydroxyl groups is 1. The van der Waals surface area contributed by atoms with Crippen LogP contribution in [0.1, 0.15) is 42.5 Å². The fourth-order valence-electron chi connectivity index (χ4n) is 4.70. The van der Waals surface area contributed by atoms with Crippen molar-refractivity contribution in [3.8, 4) is 17.1 Å². The number of ether oxygens (including phenoxy) is 2. The summed E-state index contributed by atoms with van der Waals surface area (Å²) in [4.78, 5) is 41.5. The molecule has 0 bridgehead atoms. The summed E-state index contributed by atoms with van der Waals surface area (Å²) in [6.07, 6.45) is 0.741. The average molecular weight is 455 g/mol. The van der Waals surface area contributed by atoms with Crippen LogP contribution in [-0.4, -0.2) is 26.1 Å². The van der Waals surface area contributed by atoms with Gasteiger partial charge in [0.15, 0.2) is 5.60 Å². The maximum atomic E-state index is 13.3. The van der Waals surface area contributed by atoms with Crippen molar-refractivity contribution in [3.05, 3.63) is 56.9 Å². The first-order chi connectivity index (χ1) is 15.3. The highest BCUT2D eigenvalue weighted by Crippen LogP contribution is 2.40. The molecule has 2 aliphatic heterocycles. The van der Waals surface area contributed by atoms with Crippen LogP contribution in [-0.2, 0) is 34.7 Å². The number of nitrogens with zero attached hydrogens (tertiary/aromatic N) is 2. The molecule has 32 heavy (non-hydrogen) atoms. The van der Waals surface area contributed by atoms with Gasteiger partial charge in [0, 0.05) is 28.1 Å². The van der Waals surface area contributed by atoms with Crippen molar-refractivity contribution in [2.24, 2.45) is 0 Å². The van der Waals surface area contributed by atoms with E-state index in [2.05, 4.69) is 0 Å². The summed E-state index contributed by atoms with van der Waals surface area (Å²) in [6, 6.07) is 6.72. The van der Waals surface area contributed by atoms with Gasteiger partial charge in [-0.3, -0.25) is 4.79 Å². The molecule has 2 aromatic heterocycles. The zero-order chi connectivity index (χ0) is 22.8. The van der Waals surface area contributed by atoms with E-state index < -0.39 is 17.0 Å². The van der Waals surface area contributed by atoms with Crippen LogP contribution in [0.4, 0.5) is 4.79 Å². The Morgan fingerprint density at radius 2 is 2.06 bits per heavy atom. The van der Waals surface area contributed by atoms with Crippen molar-refractivity contribution < 1.29 is 24.2 Å².